The Morgan fingerprint density at radius 3 is 2.27 bits per heavy atom. The molecule has 0 unspecified atom stereocenters. The number of carbonyl (C=O) groups excluding carboxylic acids is 1. The van der Waals surface area contributed by atoms with Crippen molar-refractivity contribution in [3.63, 3.8) is 0 Å². The summed E-state index contributed by atoms with van der Waals surface area (Å²) in [5.74, 6) is 0.840. The maximum absolute atomic E-state index is 12.5. The van der Waals surface area contributed by atoms with E-state index >= 15 is 0 Å². The molecule has 0 aliphatic heterocycles. The lowest BCUT2D eigenvalue weighted by atomic mass is 10.2. The first-order valence-electron chi connectivity index (χ1n) is 9.57. The van der Waals surface area contributed by atoms with Crippen LogP contribution in [0, 0.1) is 0 Å². The van der Waals surface area contributed by atoms with Crippen LogP contribution in [0.1, 0.15) is 26.3 Å². The van der Waals surface area contributed by atoms with Crippen molar-refractivity contribution in [3.05, 3.63) is 48.0 Å². The van der Waals surface area contributed by atoms with Crippen LogP contribution in [0.15, 0.2) is 42.5 Å². The van der Waals surface area contributed by atoms with Crippen molar-refractivity contribution in [3.8, 4) is 23.0 Å². The van der Waals surface area contributed by atoms with E-state index in [1.54, 1.807) is 31.2 Å². The predicted molar refractivity (Wildman–Crippen MR) is 111 cm³/mol. The molecular formula is C22H25F2NO5. The molecule has 0 atom stereocenters. The fourth-order valence-electron chi connectivity index (χ4n) is 2.58. The summed E-state index contributed by atoms with van der Waals surface area (Å²) in [6.07, 6.45) is 2.86. The van der Waals surface area contributed by atoms with E-state index in [0.717, 1.165) is 0 Å². The Morgan fingerprint density at radius 1 is 0.933 bits per heavy atom. The molecule has 1 amide bonds. The quantitative estimate of drug-likeness (QED) is 0.509. The normalized spacial score (nSPS) is 10.9. The number of ether oxygens (including phenoxy) is 4. The van der Waals surface area contributed by atoms with E-state index in [1.165, 1.54) is 24.3 Å². The van der Waals surface area contributed by atoms with Crippen LogP contribution in [0.4, 0.5) is 14.5 Å². The molecule has 0 aliphatic rings. The maximum Gasteiger partial charge on any atom is 0.387 e. The lowest BCUT2D eigenvalue weighted by Gasteiger charge is -2.13. The smallest absolute Gasteiger partial charge is 0.387 e. The van der Waals surface area contributed by atoms with Gasteiger partial charge in [-0.25, -0.2) is 0 Å². The Hall–Kier alpha value is -3.29. The van der Waals surface area contributed by atoms with Gasteiger partial charge in [-0.1, -0.05) is 6.07 Å². The van der Waals surface area contributed by atoms with Crippen molar-refractivity contribution < 1.29 is 32.5 Å². The Kier molecular flexibility index (Phi) is 8.93. The van der Waals surface area contributed by atoms with Crippen LogP contribution < -0.4 is 24.3 Å². The molecule has 0 aromatic heterocycles. The summed E-state index contributed by atoms with van der Waals surface area (Å²) in [4.78, 5) is 12.4. The SMILES string of the molecule is CCOc1ccc(OCC)c(NC(=O)/C=C/c2ccc(OC(F)F)c(OCC)c2)c1. The first-order chi connectivity index (χ1) is 14.5. The molecular weight excluding hydrogens is 396 g/mol. The summed E-state index contributed by atoms with van der Waals surface area (Å²) >= 11 is 0. The first kappa shape index (κ1) is 23.0. The largest absolute Gasteiger partial charge is 0.494 e. The number of hydrogen-bond donors (Lipinski definition) is 1. The van der Waals surface area contributed by atoms with Crippen LogP contribution in [0.3, 0.4) is 0 Å². The third-order valence-electron chi connectivity index (χ3n) is 3.73. The summed E-state index contributed by atoms with van der Waals surface area (Å²) in [6, 6.07) is 9.61. The molecule has 0 radical (unpaired) electrons. The fraction of sp³-hybridized carbons (Fsp3) is 0.318. The highest BCUT2D eigenvalue weighted by atomic mass is 19.3. The lowest BCUT2D eigenvalue weighted by Crippen LogP contribution is -2.10. The van der Waals surface area contributed by atoms with Crippen molar-refractivity contribution in [1.29, 1.82) is 0 Å². The zero-order valence-electron chi connectivity index (χ0n) is 17.1. The van der Waals surface area contributed by atoms with Crippen molar-refractivity contribution in [1.82, 2.24) is 0 Å². The number of rotatable bonds is 11. The van der Waals surface area contributed by atoms with Gasteiger partial charge in [0.15, 0.2) is 11.5 Å². The highest BCUT2D eigenvalue weighted by Gasteiger charge is 2.12. The molecule has 0 aliphatic carbocycles. The number of halogens is 2. The number of benzene rings is 2. The summed E-state index contributed by atoms with van der Waals surface area (Å²) in [6.45, 7) is 3.71. The molecule has 8 heteroatoms. The highest BCUT2D eigenvalue weighted by molar-refractivity contribution is 6.03. The molecule has 0 bridgehead atoms. The Bertz CT molecular complexity index is 871. The van der Waals surface area contributed by atoms with Gasteiger partial charge >= 0.3 is 6.61 Å². The second-order valence-corrected chi connectivity index (χ2v) is 5.86. The Morgan fingerprint density at radius 2 is 1.60 bits per heavy atom. The van der Waals surface area contributed by atoms with Crippen LogP contribution in [0.5, 0.6) is 23.0 Å². The van der Waals surface area contributed by atoms with Crippen LogP contribution in [0.2, 0.25) is 0 Å². The topological polar surface area (TPSA) is 66.0 Å². The predicted octanol–water partition coefficient (Wildman–Crippen LogP) is 5.14. The van der Waals surface area contributed by atoms with E-state index in [-0.39, 0.29) is 18.1 Å². The van der Waals surface area contributed by atoms with Crippen molar-refractivity contribution in [2.75, 3.05) is 25.1 Å². The standard InChI is InChI=1S/C22H25F2NO5/c1-4-27-16-9-11-18(28-5-2)17(14-16)25-21(26)12-8-15-7-10-19(30-22(23)24)20(13-15)29-6-3/h7-14,22H,4-6H2,1-3H3,(H,25,26)/b12-8+. The molecule has 0 fully saturated rings. The summed E-state index contributed by atoms with van der Waals surface area (Å²) in [5.41, 5.74) is 1.07. The van der Waals surface area contributed by atoms with E-state index in [0.29, 0.717) is 36.0 Å². The van der Waals surface area contributed by atoms with Gasteiger partial charge < -0.3 is 24.3 Å². The third kappa shape index (κ3) is 6.95. The van der Waals surface area contributed by atoms with Gasteiger partial charge in [0.05, 0.1) is 25.5 Å². The zero-order chi connectivity index (χ0) is 21.9. The van der Waals surface area contributed by atoms with Crippen LogP contribution in [-0.2, 0) is 4.79 Å². The van der Waals surface area contributed by atoms with Crippen molar-refractivity contribution in [2.24, 2.45) is 0 Å². The average molecular weight is 421 g/mol. The number of alkyl halides is 2. The second kappa shape index (κ2) is 11.6. The summed E-state index contributed by atoms with van der Waals surface area (Å²) in [5, 5.41) is 2.76. The third-order valence-corrected chi connectivity index (χ3v) is 3.73. The van der Waals surface area contributed by atoms with Gasteiger partial charge in [0, 0.05) is 12.1 Å². The fourth-order valence-corrected chi connectivity index (χ4v) is 2.58. The van der Waals surface area contributed by atoms with E-state index < -0.39 is 12.5 Å². The first-order valence-corrected chi connectivity index (χ1v) is 9.57. The van der Waals surface area contributed by atoms with Crippen LogP contribution in [-0.4, -0.2) is 32.3 Å². The zero-order valence-corrected chi connectivity index (χ0v) is 17.1. The number of anilines is 1. The van der Waals surface area contributed by atoms with E-state index in [9.17, 15) is 13.6 Å². The van der Waals surface area contributed by atoms with E-state index in [1.807, 2.05) is 13.8 Å². The van der Waals surface area contributed by atoms with Gasteiger partial charge in [-0.05, 0) is 56.7 Å². The second-order valence-electron chi connectivity index (χ2n) is 5.86. The van der Waals surface area contributed by atoms with Crippen molar-refractivity contribution in [2.45, 2.75) is 27.4 Å². The molecule has 2 rings (SSSR count). The Labute approximate surface area is 174 Å². The number of amides is 1. The van der Waals surface area contributed by atoms with Gasteiger partial charge in [0.2, 0.25) is 5.91 Å². The molecule has 0 saturated heterocycles. The Balaban J connectivity index is 2.15. The summed E-state index contributed by atoms with van der Waals surface area (Å²) in [7, 11) is 0. The van der Waals surface area contributed by atoms with Crippen LogP contribution in [0.25, 0.3) is 6.08 Å². The molecule has 162 valence electrons. The van der Waals surface area contributed by atoms with Gasteiger partial charge in [0.25, 0.3) is 0 Å². The minimum absolute atomic E-state index is 0.0671. The van der Waals surface area contributed by atoms with Gasteiger partial charge in [-0.15, -0.1) is 0 Å². The maximum atomic E-state index is 12.5. The molecule has 0 heterocycles. The molecule has 1 N–H and O–H groups in total. The lowest BCUT2D eigenvalue weighted by molar-refractivity contribution is -0.111. The van der Waals surface area contributed by atoms with Gasteiger partial charge in [-0.3, -0.25) is 4.79 Å². The number of carbonyl (C=O) groups is 1. The molecule has 0 spiro atoms. The van der Waals surface area contributed by atoms with E-state index in [2.05, 4.69) is 10.1 Å². The molecule has 2 aromatic rings. The van der Waals surface area contributed by atoms with Gasteiger partial charge in [-0.2, -0.15) is 8.78 Å². The molecule has 0 saturated carbocycles. The molecule has 6 nitrogen and oxygen atoms in total. The van der Waals surface area contributed by atoms with E-state index in [4.69, 9.17) is 14.2 Å². The molecule has 30 heavy (non-hydrogen) atoms. The average Bonchev–Trinajstić information content (AvgIpc) is 2.70. The number of hydrogen-bond acceptors (Lipinski definition) is 5. The number of nitrogens with one attached hydrogen (secondary N) is 1. The highest BCUT2D eigenvalue weighted by Crippen LogP contribution is 2.31. The van der Waals surface area contributed by atoms with Gasteiger partial charge in [0.1, 0.15) is 11.5 Å². The van der Waals surface area contributed by atoms with Crippen LogP contribution >= 0.6 is 0 Å². The molecule has 2 aromatic carbocycles. The van der Waals surface area contributed by atoms with Crippen molar-refractivity contribution >= 4 is 17.7 Å². The minimum atomic E-state index is -2.96. The monoisotopic (exact) mass is 421 g/mol. The minimum Gasteiger partial charge on any atom is -0.494 e. The summed E-state index contributed by atoms with van der Waals surface area (Å²) < 4.78 is 45.8.